The lowest BCUT2D eigenvalue weighted by Crippen LogP contribution is -2.47. The number of hydrogen-bond acceptors (Lipinski definition) is 4. The van der Waals surface area contributed by atoms with Gasteiger partial charge in [-0.15, -0.1) is 0 Å². The molecular weight excluding hydrogens is 350 g/mol. The number of hydrogen-bond donors (Lipinski definition) is 1. The van der Waals surface area contributed by atoms with Crippen molar-refractivity contribution in [2.75, 3.05) is 51.3 Å². The van der Waals surface area contributed by atoms with E-state index in [1.807, 2.05) is 18.2 Å². The van der Waals surface area contributed by atoms with Gasteiger partial charge in [-0.05, 0) is 48.7 Å². The van der Waals surface area contributed by atoms with E-state index in [2.05, 4.69) is 52.4 Å². The van der Waals surface area contributed by atoms with Crippen LogP contribution in [0.4, 0.5) is 5.69 Å². The van der Waals surface area contributed by atoms with Gasteiger partial charge in [0.25, 0.3) is 0 Å². The van der Waals surface area contributed by atoms with Crippen LogP contribution in [0.2, 0.25) is 0 Å². The molecule has 0 saturated carbocycles. The predicted octanol–water partition coefficient (Wildman–Crippen LogP) is 2.87. The van der Waals surface area contributed by atoms with Crippen molar-refractivity contribution in [3.63, 3.8) is 0 Å². The SMILES string of the molecule is COc1cccc(CCNC(=O)CCN2CCN(c3cccc(C)c3)CC2)c1. The molecule has 0 aromatic heterocycles. The molecule has 1 saturated heterocycles. The second-order valence-electron chi connectivity index (χ2n) is 7.37. The third kappa shape index (κ3) is 5.99. The third-order valence-corrected chi connectivity index (χ3v) is 5.26. The van der Waals surface area contributed by atoms with E-state index in [4.69, 9.17) is 4.74 Å². The molecule has 1 heterocycles. The van der Waals surface area contributed by atoms with Gasteiger partial charge >= 0.3 is 0 Å². The largest absolute Gasteiger partial charge is 0.497 e. The standard InChI is InChI=1S/C23H31N3O2/c1-19-5-3-7-21(17-19)26-15-13-25(14-16-26)12-10-23(27)24-11-9-20-6-4-8-22(18-20)28-2/h3-8,17-18H,9-16H2,1-2H3,(H,24,27). The van der Waals surface area contributed by atoms with Crippen molar-refractivity contribution in [1.29, 1.82) is 0 Å². The van der Waals surface area contributed by atoms with Crippen molar-refractivity contribution in [3.8, 4) is 5.75 Å². The molecule has 1 N–H and O–H groups in total. The van der Waals surface area contributed by atoms with Crippen LogP contribution in [0, 0.1) is 6.92 Å². The maximum absolute atomic E-state index is 12.1. The molecule has 2 aromatic carbocycles. The summed E-state index contributed by atoms with van der Waals surface area (Å²) >= 11 is 0. The number of rotatable bonds is 8. The number of aryl methyl sites for hydroxylation is 1. The molecule has 0 aliphatic carbocycles. The average molecular weight is 382 g/mol. The Bertz CT molecular complexity index is 770. The smallest absolute Gasteiger partial charge is 0.221 e. The second-order valence-corrected chi connectivity index (χ2v) is 7.37. The second kappa shape index (κ2) is 10.1. The van der Waals surface area contributed by atoms with E-state index in [9.17, 15) is 4.79 Å². The fourth-order valence-electron chi connectivity index (χ4n) is 3.58. The van der Waals surface area contributed by atoms with Gasteiger partial charge in [-0.3, -0.25) is 9.69 Å². The molecule has 0 bridgehead atoms. The van der Waals surface area contributed by atoms with Crippen LogP contribution in [-0.4, -0.2) is 57.2 Å². The summed E-state index contributed by atoms with van der Waals surface area (Å²) in [6, 6.07) is 16.7. The molecule has 3 rings (SSSR count). The Morgan fingerprint density at radius 3 is 2.61 bits per heavy atom. The molecule has 1 aliphatic rings. The van der Waals surface area contributed by atoms with Gasteiger partial charge in [-0.2, -0.15) is 0 Å². The van der Waals surface area contributed by atoms with Crippen LogP contribution < -0.4 is 15.0 Å². The van der Waals surface area contributed by atoms with E-state index in [1.54, 1.807) is 7.11 Å². The van der Waals surface area contributed by atoms with Gasteiger partial charge in [0.2, 0.25) is 5.91 Å². The average Bonchev–Trinajstić information content (AvgIpc) is 2.73. The molecule has 28 heavy (non-hydrogen) atoms. The zero-order chi connectivity index (χ0) is 19.8. The first-order chi connectivity index (χ1) is 13.6. The molecule has 5 nitrogen and oxygen atoms in total. The maximum atomic E-state index is 12.1. The zero-order valence-corrected chi connectivity index (χ0v) is 17.0. The van der Waals surface area contributed by atoms with Crippen LogP contribution in [-0.2, 0) is 11.2 Å². The molecule has 0 atom stereocenters. The topological polar surface area (TPSA) is 44.8 Å². The van der Waals surface area contributed by atoms with Crippen molar-refractivity contribution >= 4 is 11.6 Å². The summed E-state index contributed by atoms with van der Waals surface area (Å²) in [5.74, 6) is 0.984. The molecule has 1 fully saturated rings. The molecule has 150 valence electrons. The number of anilines is 1. The van der Waals surface area contributed by atoms with Crippen molar-refractivity contribution in [1.82, 2.24) is 10.2 Å². The van der Waals surface area contributed by atoms with Gasteiger partial charge in [0.05, 0.1) is 7.11 Å². The van der Waals surface area contributed by atoms with Crippen LogP contribution in [0.1, 0.15) is 17.5 Å². The Labute approximate surface area is 168 Å². The highest BCUT2D eigenvalue weighted by atomic mass is 16.5. The monoisotopic (exact) mass is 381 g/mol. The number of piperazine rings is 1. The van der Waals surface area contributed by atoms with E-state index in [-0.39, 0.29) is 5.91 Å². The molecule has 0 unspecified atom stereocenters. The minimum absolute atomic E-state index is 0.129. The number of benzene rings is 2. The lowest BCUT2D eigenvalue weighted by molar-refractivity contribution is -0.121. The van der Waals surface area contributed by atoms with Gasteiger partial charge in [-0.25, -0.2) is 0 Å². The minimum Gasteiger partial charge on any atom is -0.497 e. The first-order valence-corrected chi connectivity index (χ1v) is 10.1. The number of carbonyl (C=O) groups excluding carboxylic acids is 1. The molecular formula is C23H31N3O2. The van der Waals surface area contributed by atoms with Crippen molar-refractivity contribution in [2.24, 2.45) is 0 Å². The predicted molar refractivity (Wildman–Crippen MR) is 114 cm³/mol. The highest BCUT2D eigenvalue weighted by Gasteiger charge is 2.17. The molecule has 0 radical (unpaired) electrons. The Morgan fingerprint density at radius 2 is 1.86 bits per heavy atom. The van der Waals surface area contributed by atoms with Crippen LogP contribution >= 0.6 is 0 Å². The van der Waals surface area contributed by atoms with Crippen molar-refractivity contribution < 1.29 is 9.53 Å². The van der Waals surface area contributed by atoms with Crippen LogP contribution in [0.3, 0.4) is 0 Å². The number of nitrogens with one attached hydrogen (secondary N) is 1. The first kappa shape index (κ1) is 20.2. The Morgan fingerprint density at radius 1 is 1.07 bits per heavy atom. The van der Waals surface area contributed by atoms with Gasteiger partial charge < -0.3 is 15.0 Å². The van der Waals surface area contributed by atoms with Gasteiger partial charge in [0, 0.05) is 51.4 Å². The highest BCUT2D eigenvalue weighted by Crippen LogP contribution is 2.18. The number of ether oxygens (including phenoxy) is 1. The quantitative estimate of drug-likeness (QED) is 0.764. The molecule has 2 aromatic rings. The number of carbonyl (C=O) groups is 1. The van der Waals surface area contributed by atoms with Crippen molar-refractivity contribution in [2.45, 2.75) is 19.8 Å². The third-order valence-electron chi connectivity index (χ3n) is 5.26. The van der Waals surface area contributed by atoms with Gasteiger partial charge in [-0.1, -0.05) is 24.3 Å². The van der Waals surface area contributed by atoms with Crippen molar-refractivity contribution in [3.05, 3.63) is 59.7 Å². The summed E-state index contributed by atoms with van der Waals surface area (Å²) in [7, 11) is 1.67. The van der Waals surface area contributed by atoms with E-state index in [0.717, 1.165) is 44.9 Å². The van der Waals surface area contributed by atoms with Crippen LogP contribution in [0.5, 0.6) is 5.75 Å². The number of nitrogens with zero attached hydrogens (tertiary/aromatic N) is 2. The van der Waals surface area contributed by atoms with E-state index in [0.29, 0.717) is 13.0 Å². The number of amides is 1. The van der Waals surface area contributed by atoms with E-state index >= 15 is 0 Å². The zero-order valence-electron chi connectivity index (χ0n) is 17.0. The molecule has 1 aliphatic heterocycles. The van der Waals surface area contributed by atoms with Gasteiger partial charge in [0.1, 0.15) is 5.75 Å². The van der Waals surface area contributed by atoms with E-state index in [1.165, 1.54) is 16.8 Å². The van der Waals surface area contributed by atoms with E-state index < -0.39 is 0 Å². The summed E-state index contributed by atoms with van der Waals surface area (Å²) in [5.41, 5.74) is 3.77. The molecule has 1 amide bonds. The number of methoxy groups -OCH3 is 1. The Kier molecular flexibility index (Phi) is 7.31. The Hall–Kier alpha value is -2.53. The lowest BCUT2D eigenvalue weighted by Gasteiger charge is -2.36. The maximum Gasteiger partial charge on any atom is 0.221 e. The summed E-state index contributed by atoms with van der Waals surface area (Å²) in [5, 5.41) is 3.03. The summed E-state index contributed by atoms with van der Waals surface area (Å²) in [6.07, 6.45) is 1.38. The molecule has 0 spiro atoms. The minimum atomic E-state index is 0.129. The summed E-state index contributed by atoms with van der Waals surface area (Å²) in [6.45, 7) is 7.66. The van der Waals surface area contributed by atoms with Gasteiger partial charge in [0.15, 0.2) is 0 Å². The molecule has 5 heteroatoms. The Balaban J connectivity index is 1.33. The summed E-state index contributed by atoms with van der Waals surface area (Å²) < 4.78 is 5.23. The summed E-state index contributed by atoms with van der Waals surface area (Å²) in [4.78, 5) is 17.0. The fourth-order valence-corrected chi connectivity index (χ4v) is 3.58. The highest BCUT2D eigenvalue weighted by molar-refractivity contribution is 5.76. The lowest BCUT2D eigenvalue weighted by atomic mass is 10.1. The normalized spacial score (nSPS) is 14.7. The van der Waals surface area contributed by atoms with Crippen LogP contribution in [0.15, 0.2) is 48.5 Å². The van der Waals surface area contributed by atoms with Crippen LogP contribution in [0.25, 0.3) is 0 Å². The fraction of sp³-hybridized carbons (Fsp3) is 0.435. The first-order valence-electron chi connectivity index (χ1n) is 10.1.